The van der Waals surface area contributed by atoms with Gasteiger partial charge in [-0.1, -0.05) is 0 Å². The normalized spacial score (nSPS) is 30.3. The SMILES string of the molecule is C[C@@]1(O)C(O)C(CO)OC1n1cnc2c1NC=NC2NCc1cc(O)c(O)c(O)c1. The number of hydrogen-bond donors (Lipinski definition) is 8. The average Bonchev–Trinajstić information content (AvgIpc) is 3.23. The van der Waals surface area contributed by atoms with Crippen molar-refractivity contribution in [2.75, 3.05) is 11.9 Å². The molecule has 2 aromatic rings. The summed E-state index contributed by atoms with van der Waals surface area (Å²) in [6, 6.07) is 2.62. The molecule has 4 rings (SSSR count). The topological polar surface area (TPSA) is 185 Å². The lowest BCUT2D eigenvalue weighted by molar-refractivity contribution is -0.0957. The van der Waals surface area contributed by atoms with Crippen molar-refractivity contribution in [1.29, 1.82) is 0 Å². The Labute approximate surface area is 170 Å². The van der Waals surface area contributed by atoms with E-state index >= 15 is 0 Å². The molecule has 2 aliphatic rings. The van der Waals surface area contributed by atoms with Crippen molar-refractivity contribution in [3.63, 3.8) is 0 Å². The molecule has 1 aromatic heterocycles. The van der Waals surface area contributed by atoms with Crippen LogP contribution in [0.4, 0.5) is 5.82 Å². The fourth-order valence-electron chi connectivity index (χ4n) is 3.66. The number of ether oxygens (including phenoxy) is 1. The van der Waals surface area contributed by atoms with E-state index in [0.29, 0.717) is 17.1 Å². The molecule has 0 bridgehead atoms. The van der Waals surface area contributed by atoms with Crippen molar-refractivity contribution >= 4 is 12.2 Å². The number of aromatic nitrogens is 2. The molecule has 2 aliphatic heterocycles. The fraction of sp³-hybridized carbons (Fsp3) is 0.444. The van der Waals surface area contributed by atoms with Crippen molar-refractivity contribution in [3.05, 3.63) is 29.7 Å². The highest BCUT2D eigenvalue weighted by atomic mass is 16.6. The van der Waals surface area contributed by atoms with Crippen molar-refractivity contribution in [2.24, 2.45) is 4.99 Å². The first-order chi connectivity index (χ1) is 14.2. The van der Waals surface area contributed by atoms with E-state index in [1.54, 1.807) is 0 Å². The molecule has 12 heteroatoms. The molecule has 0 radical (unpaired) electrons. The van der Waals surface area contributed by atoms with E-state index in [1.807, 2.05) is 0 Å². The largest absolute Gasteiger partial charge is 0.504 e. The number of anilines is 1. The molecule has 8 N–H and O–H groups in total. The molecule has 30 heavy (non-hydrogen) atoms. The Morgan fingerprint density at radius 2 is 1.97 bits per heavy atom. The number of imidazole rings is 1. The molecule has 1 fully saturated rings. The Balaban J connectivity index is 1.55. The second-order valence-corrected chi connectivity index (χ2v) is 7.45. The molecule has 0 aliphatic carbocycles. The molecule has 1 aromatic carbocycles. The molecule has 0 spiro atoms. The van der Waals surface area contributed by atoms with Crippen molar-refractivity contribution in [3.8, 4) is 17.2 Å². The van der Waals surface area contributed by atoms with Crippen molar-refractivity contribution in [2.45, 2.75) is 43.7 Å². The van der Waals surface area contributed by atoms with E-state index in [0.717, 1.165) is 0 Å². The van der Waals surface area contributed by atoms with Gasteiger partial charge >= 0.3 is 0 Å². The maximum Gasteiger partial charge on any atom is 0.200 e. The summed E-state index contributed by atoms with van der Waals surface area (Å²) in [5.74, 6) is -0.993. The number of phenols is 3. The summed E-state index contributed by atoms with van der Waals surface area (Å²) in [7, 11) is 0. The molecular formula is C18H23N5O7. The van der Waals surface area contributed by atoms with Crippen molar-refractivity contribution < 1.29 is 35.4 Å². The second-order valence-electron chi connectivity index (χ2n) is 7.45. The minimum absolute atomic E-state index is 0.193. The van der Waals surface area contributed by atoms with Crippen LogP contribution in [0.15, 0.2) is 23.5 Å². The van der Waals surface area contributed by atoms with Gasteiger partial charge < -0.3 is 40.7 Å². The summed E-state index contributed by atoms with van der Waals surface area (Å²) in [6.45, 7) is 1.16. The molecule has 12 nitrogen and oxygen atoms in total. The van der Waals surface area contributed by atoms with Crippen LogP contribution in [0.1, 0.15) is 30.6 Å². The van der Waals surface area contributed by atoms with Gasteiger partial charge in [-0.05, 0) is 24.6 Å². The summed E-state index contributed by atoms with van der Waals surface area (Å²) in [5.41, 5.74) is -0.665. The molecule has 4 unspecified atom stereocenters. The third kappa shape index (κ3) is 3.24. The predicted molar refractivity (Wildman–Crippen MR) is 103 cm³/mol. The lowest BCUT2D eigenvalue weighted by atomic mass is 9.96. The van der Waals surface area contributed by atoms with Gasteiger partial charge in [0.2, 0.25) is 0 Å². The number of aliphatic hydroxyl groups is 3. The van der Waals surface area contributed by atoms with Gasteiger partial charge in [-0.25, -0.2) is 9.98 Å². The highest BCUT2D eigenvalue weighted by molar-refractivity contribution is 5.78. The number of benzene rings is 1. The number of aliphatic imine (C=N–C) groups is 1. The van der Waals surface area contributed by atoms with Gasteiger partial charge in [0.05, 0.1) is 19.3 Å². The first-order valence-corrected chi connectivity index (χ1v) is 9.23. The Bertz CT molecular complexity index is 953. The van der Waals surface area contributed by atoms with Crippen LogP contribution >= 0.6 is 0 Å². The van der Waals surface area contributed by atoms with Gasteiger partial charge in [0.25, 0.3) is 0 Å². The lowest BCUT2D eigenvalue weighted by Gasteiger charge is -2.29. The zero-order chi connectivity index (χ0) is 21.6. The summed E-state index contributed by atoms with van der Waals surface area (Å²) >= 11 is 0. The Morgan fingerprint density at radius 3 is 2.60 bits per heavy atom. The van der Waals surface area contributed by atoms with Crippen LogP contribution in [0, 0.1) is 0 Å². The third-order valence-electron chi connectivity index (χ3n) is 5.32. The number of rotatable bonds is 5. The van der Waals surface area contributed by atoms with Gasteiger partial charge in [0.1, 0.15) is 35.5 Å². The van der Waals surface area contributed by atoms with Crippen molar-refractivity contribution in [1.82, 2.24) is 14.9 Å². The van der Waals surface area contributed by atoms with Crippen LogP contribution in [0.5, 0.6) is 17.2 Å². The molecular weight excluding hydrogens is 398 g/mol. The smallest absolute Gasteiger partial charge is 0.200 e. The average molecular weight is 421 g/mol. The number of aliphatic hydroxyl groups excluding tert-OH is 2. The fourth-order valence-corrected chi connectivity index (χ4v) is 3.66. The van der Waals surface area contributed by atoms with Crippen LogP contribution in [-0.4, -0.2) is 70.9 Å². The lowest BCUT2D eigenvalue weighted by Crippen LogP contribution is -2.44. The number of nitrogens with one attached hydrogen (secondary N) is 2. The highest BCUT2D eigenvalue weighted by Crippen LogP contribution is 2.41. The third-order valence-corrected chi connectivity index (χ3v) is 5.32. The first kappa shape index (κ1) is 20.4. The zero-order valence-corrected chi connectivity index (χ0v) is 16.0. The Morgan fingerprint density at radius 1 is 1.27 bits per heavy atom. The van der Waals surface area contributed by atoms with Gasteiger partial charge in [0, 0.05) is 6.54 Å². The maximum atomic E-state index is 10.7. The van der Waals surface area contributed by atoms with E-state index in [1.165, 1.54) is 36.3 Å². The highest BCUT2D eigenvalue weighted by Gasteiger charge is 2.53. The summed E-state index contributed by atoms with van der Waals surface area (Å²) in [5, 5.41) is 65.1. The van der Waals surface area contributed by atoms with Gasteiger partial charge in [0.15, 0.2) is 23.5 Å². The predicted octanol–water partition coefficient (Wildman–Crippen LogP) is -0.756. The standard InChI is InChI=1S/C18H23N5O7/c1-18(29)14(28)11(5-24)30-17(18)23-7-22-12-15(20-6-21-16(12)23)19-4-8-2-9(25)13(27)10(26)3-8/h2-3,6-7,11,14-15,17,19,24-29H,4-5H2,1H3,(H,20,21)/t11?,14?,15?,17?,18-/m1/s1. The number of phenolic OH excluding ortho intramolecular Hbond substituents is 3. The van der Waals surface area contributed by atoms with Crippen LogP contribution < -0.4 is 10.6 Å². The molecule has 5 atom stereocenters. The van der Waals surface area contributed by atoms with Crippen LogP contribution in [0.2, 0.25) is 0 Å². The number of fused-ring (bicyclic) bond motifs is 1. The van der Waals surface area contributed by atoms with E-state index in [2.05, 4.69) is 20.6 Å². The van der Waals surface area contributed by atoms with Gasteiger partial charge in [-0.2, -0.15) is 0 Å². The van der Waals surface area contributed by atoms with Gasteiger partial charge in [-0.15, -0.1) is 0 Å². The Kier molecular flexibility index (Phi) is 5.03. The number of nitrogens with zero attached hydrogens (tertiary/aromatic N) is 3. The van der Waals surface area contributed by atoms with Gasteiger partial charge in [-0.3, -0.25) is 9.88 Å². The molecule has 1 saturated heterocycles. The van der Waals surface area contributed by atoms with E-state index in [4.69, 9.17) is 4.74 Å². The minimum Gasteiger partial charge on any atom is -0.504 e. The minimum atomic E-state index is -1.66. The molecule has 0 amide bonds. The maximum absolute atomic E-state index is 10.7. The summed E-state index contributed by atoms with van der Waals surface area (Å²) in [4.78, 5) is 8.62. The van der Waals surface area contributed by atoms with Crippen LogP contribution in [0.25, 0.3) is 0 Å². The quantitative estimate of drug-likeness (QED) is 0.285. The van der Waals surface area contributed by atoms with E-state index in [9.17, 15) is 30.6 Å². The van der Waals surface area contributed by atoms with E-state index in [-0.39, 0.29) is 6.54 Å². The monoisotopic (exact) mass is 421 g/mol. The summed E-state index contributed by atoms with van der Waals surface area (Å²) < 4.78 is 7.16. The van der Waals surface area contributed by atoms with Crippen LogP contribution in [0.3, 0.4) is 0 Å². The molecule has 162 valence electrons. The summed E-state index contributed by atoms with van der Waals surface area (Å²) in [6.07, 6.45) is -0.939. The molecule has 0 saturated carbocycles. The number of aromatic hydroxyl groups is 3. The van der Waals surface area contributed by atoms with E-state index < -0.39 is 54.1 Å². The van der Waals surface area contributed by atoms with Crippen LogP contribution in [-0.2, 0) is 11.3 Å². The molecule has 3 heterocycles. The number of hydrogen-bond acceptors (Lipinski definition) is 11. The first-order valence-electron chi connectivity index (χ1n) is 9.23. The Hall–Kier alpha value is -2.90. The zero-order valence-electron chi connectivity index (χ0n) is 16.0. The second kappa shape index (κ2) is 7.41.